The lowest BCUT2D eigenvalue weighted by Crippen LogP contribution is -2.47. The Labute approximate surface area is 180 Å². The molecular formula is C23H42O7. The Morgan fingerprint density at radius 2 is 1.10 bits per heavy atom. The molecule has 0 aliphatic rings. The van der Waals surface area contributed by atoms with Crippen LogP contribution >= 0.6 is 0 Å². The summed E-state index contributed by atoms with van der Waals surface area (Å²) in [6.45, 7) is 1.21. The minimum atomic E-state index is -2.19. The molecule has 0 fully saturated rings. The van der Waals surface area contributed by atoms with Crippen molar-refractivity contribution in [3.63, 3.8) is 0 Å². The molecule has 2 atom stereocenters. The molecule has 0 aromatic heterocycles. The first-order valence-corrected chi connectivity index (χ1v) is 11.6. The largest absolute Gasteiger partial charge is 0.481 e. The average molecular weight is 431 g/mol. The molecule has 0 amide bonds. The molecule has 4 N–H and O–H groups in total. The smallest absolute Gasteiger partial charge is 0.313 e. The second-order valence-corrected chi connectivity index (χ2v) is 8.47. The Morgan fingerprint density at radius 3 is 1.40 bits per heavy atom. The fraction of sp³-hybridized carbons (Fsp3) is 0.870. The Hall–Kier alpha value is -1.63. The molecule has 0 spiro atoms. The molecule has 0 rings (SSSR count). The van der Waals surface area contributed by atoms with Crippen molar-refractivity contribution in [2.75, 3.05) is 6.61 Å². The molecule has 0 aromatic carbocycles. The fourth-order valence-electron chi connectivity index (χ4n) is 4.03. The first-order chi connectivity index (χ1) is 14.3. The van der Waals surface area contributed by atoms with E-state index in [9.17, 15) is 29.7 Å². The maximum atomic E-state index is 11.6. The predicted octanol–water partition coefficient (Wildman–Crippen LogP) is 5.10. The second kappa shape index (κ2) is 17.1. The molecule has 0 aliphatic heterocycles. The van der Waals surface area contributed by atoms with Crippen molar-refractivity contribution in [1.82, 2.24) is 0 Å². The van der Waals surface area contributed by atoms with Crippen molar-refractivity contribution >= 4 is 17.9 Å². The van der Waals surface area contributed by atoms with Gasteiger partial charge in [-0.2, -0.15) is 0 Å². The van der Waals surface area contributed by atoms with Crippen LogP contribution in [-0.2, 0) is 14.4 Å². The van der Waals surface area contributed by atoms with E-state index in [4.69, 9.17) is 5.11 Å². The van der Waals surface area contributed by atoms with Crippen LogP contribution in [0.1, 0.15) is 110 Å². The van der Waals surface area contributed by atoms with E-state index in [1.807, 2.05) is 0 Å². The van der Waals surface area contributed by atoms with E-state index in [2.05, 4.69) is 6.92 Å². The molecule has 0 saturated heterocycles. The number of aliphatic hydroxyl groups is 1. The van der Waals surface area contributed by atoms with Gasteiger partial charge in [-0.1, -0.05) is 96.8 Å². The summed E-state index contributed by atoms with van der Waals surface area (Å²) in [5.74, 6) is -5.81. The highest BCUT2D eigenvalue weighted by Crippen LogP contribution is 2.36. The minimum Gasteiger partial charge on any atom is -0.481 e. The van der Waals surface area contributed by atoms with Crippen LogP contribution in [0.15, 0.2) is 0 Å². The number of carboxylic acids is 3. The molecule has 176 valence electrons. The van der Waals surface area contributed by atoms with Gasteiger partial charge in [-0.3, -0.25) is 14.4 Å². The van der Waals surface area contributed by atoms with Crippen LogP contribution in [0.25, 0.3) is 0 Å². The summed E-state index contributed by atoms with van der Waals surface area (Å²) in [6, 6.07) is 0. The van der Waals surface area contributed by atoms with Crippen molar-refractivity contribution < 1.29 is 34.8 Å². The van der Waals surface area contributed by atoms with E-state index in [0.717, 1.165) is 25.7 Å². The Kier molecular flexibility index (Phi) is 16.2. The second-order valence-electron chi connectivity index (χ2n) is 8.47. The van der Waals surface area contributed by atoms with E-state index in [-0.39, 0.29) is 6.42 Å². The maximum Gasteiger partial charge on any atom is 0.313 e. The third-order valence-corrected chi connectivity index (χ3v) is 5.99. The molecule has 7 heteroatoms. The molecular weight excluding hydrogens is 388 g/mol. The van der Waals surface area contributed by atoms with E-state index in [0.29, 0.717) is 6.42 Å². The summed E-state index contributed by atoms with van der Waals surface area (Å²) in [5.41, 5.74) is -2.19. The van der Waals surface area contributed by atoms with Gasteiger partial charge in [0.05, 0.1) is 18.9 Å². The monoisotopic (exact) mass is 430 g/mol. The van der Waals surface area contributed by atoms with Crippen molar-refractivity contribution in [2.45, 2.75) is 110 Å². The van der Waals surface area contributed by atoms with Gasteiger partial charge in [0, 0.05) is 0 Å². The standard InChI is InChI=1S/C23H42O7/c1-2-3-4-5-6-7-8-9-10-11-12-13-14-15-16-19(21(27)28)23(18-24,22(29)30)17-20(25)26/h19,24H,2-18H2,1H3,(H,25,26)(H,27,28)(H,29,30). The zero-order valence-corrected chi connectivity index (χ0v) is 18.6. The van der Waals surface area contributed by atoms with Crippen molar-refractivity contribution in [3.05, 3.63) is 0 Å². The lowest BCUT2D eigenvalue weighted by molar-refractivity contribution is -0.171. The van der Waals surface area contributed by atoms with Gasteiger partial charge in [-0.15, -0.1) is 0 Å². The SMILES string of the molecule is CCCCCCCCCCCCCCCCC(C(=O)O)C(CO)(CC(=O)O)C(=O)O. The molecule has 0 aromatic rings. The van der Waals surface area contributed by atoms with Crippen molar-refractivity contribution in [3.8, 4) is 0 Å². The highest BCUT2D eigenvalue weighted by atomic mass is 16.4. The molecule has 30 heavy (non-hydrogen) atoms. The summed E-state index contributed by atoms with van der Waals surface area (Å²) >= 11 is 0. The highest BCUT2D eigenvalue weighted by Gasteiger charge is 2.50. The van der Waals surface area contributed by atoms with Crippen LogP contribution in [0, 0.1) is 11.3 Å². The van der Waals surface area contributed by atoms with Gasteiger partial charge in [0.1, 0.15) is 5.41 Å². The van der Waals surface area contributed by atoms with Gasteiger partial charge in [0.15, 0.2) is 0 Å². The number of unbranched alkanes of at least 4 members (excludes halogenated alkanes) is 13. The van der Waals surface area contributed by atoms with Crippen LogP contribution in [0.3, 0.4) is 0 Å². The van der Waals surface area contributed by atoms with E-state index >= 15 is 0 Å². The Morgan fingerprint density at radius 1 is 0.700 bits per heavy atom. The van der Waals surface area contributed by atoms with Gasteiger partial charge in [0.2, 0.25) is 0 Å². The zero-order chi connectivity index (χ0) is 22.8. The summed E-state index contributed by atoms with van der Waals surface area (Å²) in [6.07, 6.45) is 15.3. The Bertz CT molecular complexity index is 492. The number of hydrogen-bond donors (Lipinski definition) is 4. The number of rotatable bonds is 21. The van der Waals surface area contributed by atoms with Crippen LogP contribution in [0.5, 0.6) is 0 Å². The number of carboxylic acid groups (broad SMARTS) is 3. The quantitative estimate of drug-likeness (QED) is 0.186. The molecule has 2 unspecified atom stereocenters. The minimum absolute atomic E-state index is 0.0491. The van der Waals surface area contributed by atoms with Gasteiger partial charge < -0.3 is 20.4 Å². The normalized spacial score (nSPS) is 14.2. The predicted molar refractivity (Wildman–Crippen MR) is 115 cm³/mol. The van der Waals surface area contributed by atoms with Gasteiger partial charge >= 0.3 is 17.9 Å². The zero-order valence-electron chi connectivity index (χ0n) is 18.6. The molecule has 7 nitrogen and oxygen atoms in total. The van der Waals surface area contributed by atoms with Crippen LogP contribution in [-0.4, -0.2) is 44.9 Å². The third-order valence-electron chi connectivity index (χ3n) is 5.99. The first-order valence-electron chi connectivity index (χ1n) is 11.6. The number of hydrogen-bond acceptors (Lipinski definition) is 4. The summed E-state index contributed by atoms with van der Waals surface area (Å²) in [5, 5.41) is 37.4. The average Bonchev–Trinajstić information content (AvgIpc) is 2.68. The first kappa shape index (κ1) is 28.4. The van der Waals surface area contributed by atoms with E-state index in [1.165, 1.54) is 57.8 Å². The third kappa shape index (κ3) is 11.5. The maximum absolute atomic E-state index is 11.6. The summed E-state index contributed by atoms with van der Waals surface area (Å²) in [7, 11) is 0. The van der Waals surface area contributed by atoms with Crippen LogP contribution in [0.4, 0.5) is 0 Å². The number of carbonyl (C=O) groups is 3. The van der Waals surface area contributed by atoms with Gasteiger partial charge in [-0.25, -0.2) is 0 Å². The van der Waals surface area contributed by atoms with E-state index in [1.54, 1.807) is 0 Å². The van der Waals surface area contributed by atoms with E-state index < -0.39 is 42.3 Å². The molecule has 0 bridgehead atoms. The molecule has 0 radical (unpaired) electrons. The number of aliphatic carboxylic acids is 3. The lowest BCUT2D eigenvalue weighted by Gasteiger charge is -2.31. The van der Waals surface area contributed by atoms with Crippen molar-refractivity contribution in [2.24, 2.45) is 11.3 Å². The summed E-state index contributed by atoms with van der Waals surface area (Å²) in [4.78, 5) is 34.2. The van der Waals surface area contributed by atoms with Gasteiger partial charge in [0.25, 0.3) is 0 Å². The number of aliphatic hydroxyl groups excluding tert-OH is 1. The van der Waals surface area contributed by atoms with Crippen molar-refractivity contribution in [1.29, 1.82) is 0 Å². The van der Waals surface area contributed by atoms with Crippen LogP contribution < -0.4 is 0 Å². The van der Waals surface area contributed by atoms with Crippen LogP contribution in [0.2, 0.25) is 0 Å². The van der Waals surface area contributed by atoms with Gasteiger partial charge in [-0.05, 0) is 6.42 Å². The molecule has 0 heterocycles. The molecule has 0 aliphatic carbocycles. The summed E-state index contributed by atoms with van der Waals surface area (Å²) < 4.78 is 0. The highest BCUT2D eigenvalue weighted by molar-refractivity contribution is 5.87. The lowest BCUT2D eigenvalue weighted by atomic mass is 9.71. The molecule has 0 saturated carbocycles. The Balaban J connectivity index is 4.06. The topological polar surface area (TPSA) is 132 Å². The fourth-order valence-corrected chi connectivity index (χ4v) is 4.03.